The summed E-state index contributed by atoms with van der Waals surface area (Å²) in [6, 6.07) is 9.72. The molecule has 0 fully saturated rings. The molecule has 1 N–H and O–H groups in total. The van der Waals surface area contributed by atoms with Gasteiger partial charge in [0.15, 0.2) is 0 Å². The molecule has 0 heterocycles. The molecule has 1 aliphatic rings. The molecule has 0 aromatic heterocycles. The molecule has 0 bridgehead atoms. The van der Waals surface area contributed by atoms with Crippen molar-refractivity contribution in [3.8, 4) is 0 Å². The first-order valence-corrected chi connectivity index (χ1v) is 8.09. The summed E-state index contributed by atoms with van der Waals surface area (Å²) in [5, 5.41) is 3.84. The molecular weight excluding hydrogens is 230 g/mol. The maximum absolute atomic E-state index is 3.84. The van der Waals surface area contributed by atoms with Crippen molar-refractivity contribution in [1.29, 1.82) is 0 Å². The van der Waals surface area contributed by atoms with E-state index in [9.17, 15) is 0 Å². The van der Waals surface area contributed by atoms with Gasteiger partial charge in [-0.15, -0.1) is 0 Å². The van der Waals surface area contributed by atoms with Gasteiger partial charge in [-0.25, -0.2) is 0 Å². The molecule has 1 nitrogen and oxygen atoms in total. The van der Waals surface area contributed by atoms with Gasteiger partial charge >= 0.3 is 0 Å². The van der Waals surface area contributed by atoms with Gasteiger partial charge < -0.3 is 5.32 Å². The monoisotopic (exact) mass is 259 g/mol. The minimum Gasteiger partial charge on any atom is -0.313 e. The summed E-state index contributed by atoms with van der Waals surface area (Å²) in [5.41, 5.74) is 3.19. The fraction of sp³-hybridized carbons (Fsp3) is 0.667. The summed E-state index contributed by atoms with van der Waals surface area (Å²) < 4.78 is 0. The molecule has 0 spiro atoms. The molecule has 106 valence electrons. The fourth-order valence-corrected chi connectivity index (χ4v) is 3.65. The molecule has 0 amide bonds. The standard InChI is InChI=1S/C18H29N/c1-4-8-14(3)18(19-13-5-2)17-12-11-15-9-6-7-10-16(15)17/h6-7,9-10,14,17-19H,4-5,8,11-13H2,1-3H3. The number of aryl methyl sites for hydroxylation is 1. The van der Waals surface area contributed by atoms with Crippen LogP contribution < -0.4 is 5.32 Å². The number of benzene rings is 1. The van der Waals surface area contributed by atoms with Crippen LogP contribution in [0.3, 0.4) is 0 Å². The Kier molecular flexibility index (Phi) is 5.45. The van der Waals surface area contributed by atoms with Crippen molar-refractivity contribution in [2.24, 2.45) is 5.92 Å². The Morgan fingerprint density at radius 3 is 2.74 bits per heavy atom. The Labute approximate surface area is 118 Å². The van der Waals surface area contributed by atoms with Crippen LogP contribution in [0.25, 0.3) is 0 Å². The summed E-state index contributed by atoms with van der Waals surface area (Å²) in [4.78, 5) is 0. The molecule has 2 rings (SSSR count). The molecule has 1 aliphatic carbocycles. The first-order valence-electron chi connectivity index (χ1n) is 8.09. The molecule has 0 saturated carbocycles. The molecule has 1 aromatic carbocycles. The zero-order valence-electron chi connectivity index (χ0n) is 12.8. The maximum Gasteiger partial charge on any atom is 0.0162 e. The van der Waals surface area contributed by atoms with Crippen molar-refractivity contribution in [2.75, 3.05) is 6.54 Å². The van der Waals surface area contributed by atoms with Gasteiger partial charge in [0.05, 0.1) is 0 Å². The van der Waals surface area contributed by atoms with Gasteiger partial charge in [0, 0.05) is 12.0 Å². The van der Waals surface area contributed by atoms with E-state index in [4.69, 9.17) is 0 Å². The third-order valence-corrected chi connectivity index (χ3v) is 4.60. The Hall–Kier alpha value is -0.820. The van der Waals surface area contributed by atoms with Crippen molar-refractivity contribution in [2.45, 2.75) is 64.8 Å². The lowest BCUT2D eigenvalue weighted by atomic mass is 9.83. The lowest BCUT2D eigenvalue weighted by Crippen LogP contribution is -2.40. The van der Waals surface area contributed by atoms with Gasteiger partial charge in [-0.2, -0.15) is 0 Å². The van der Waals surface area contributed by atoms with E-state index in [-0.39, 0.29) is 0 Å². The summed E-state index contributed by atoms with van der Waals surface area (Å²) in [5.74, 6) is 1.50. The number of fused-ring (bicyclic) bond motifs is 1. The number of nitrogens with one attached hydrogen (secondary N) is 1. The van der Waals surface area contributed by atoms with E-state index in [0.29, 0.717) is 6.04 Å². The minimum atomic E-state index is 0.656. The Morgan fingerprint density at radius 2 is 2.00 bits per heavy atom. The van der Waals surface area contributed by atoms with Crippen molar-refractivity contribution in [1.82, 2.24) is 5.32 Å². The van der Waals surface area contributed by atoms with E-state index in [1.165, 1.54) is 32.1 Å². The molecule has 19 heavy (non-hydrogen) atoms. The van der Waals surface area contributed by atoms with Gasteiger partial charge in [0.1, 0.15) is 0 Å². The van der Waals surface area contributed by atoms with Gasteiger partial charge in [-0.3, -0.25) is 0 Å². The highest BCUT2D eigenvalue weighted by Crippen LogP contribution is 2.38. The SMILES string of the molecule is CCCNC(C(C)CCC)C1CCc2ccccc21. The minimum absolute atomic E-state index is 0.656. The average molecular weight is 259 g/mol. The Balaban J connectivity index is 2.14. The average Bonchev–Trinajstić information content (AvgIpc) is 2.84. The van der Waals surface area contributed by atoms with Gasteiger partial charge in [-0.1, -0.05) is 51.5 Å². The smallest absolute Gasteiger partial charge is 0.0162 e. The van der Waals surface area contributed by atoms with Crippen LogP contribution in [-0.2, 0) is 6.42 Å². The number of hydrogen-bond acceptors (Lipinski definition) is 1. The van der Waals surface area contributed by atoms with E-state index in [1.54, 1.807) is 11.1 Å². The van der Waals surface area contributed by atoms with Crippen molar-refractivity contribution in [3.63, 3.8) is 0 Å². The lowest BCUT2D eigenvalue weighted by molar-refractivity contribution is 0.306. The summed E-state index contributed by atoms with van der Waals surface area (Å²) in [6.45, 7) is 8.14. The molecular formula is C18H29N. The second-order valence-electron chi connectivity index (χ2n) is 6.09. The molecule has 0 saturated heterocycles. The third kappa shape index (κ3) is 3.39. The van der Waals surface area contributed by atoms with E-state index >= 15 is 0 Å². The second-order valence-corrected chi connectivity index (χ2v) is 6.09. The largest absolute Gasteiger partial charge is 0.313 e. The van der Waals surface area contributed by atoms with Crippen molar-refractivity contribution < 1.29 is 0 Å². The summed E-state index contributed by atoms with van der Waals surface area (Å²) in [6.07, 6.45) is 6.45. The zero-order chi connectivity index (χ0) is 13.7. The zero-order valence-corrected chi connectivity index (χ0v) is 12.8. The van der Waals surface area contributed by atoms with Crippen LogP contribution in [-0.4, -0.2) is 12.6 Å². The topological polar surface area (TPSA) is 12.0 Å². The summed E-state index contributed by atoms with van der Waals surface area (Å²) >= 11 is 0. The third-order valence-electron chi connectivity index (χ3n) is 4.60. The molecule has 0 radical (unpaired) electrons. The molecule has 1 heteroatoms. The highest BCUT2D eigenvalue weighted by molar-refractivity contribution is 5.36. The maximum atomic E-state index is 3.84. The normalized spacial score (nSPS) is 21.1. The highest BCUT2D eigenvalue weighted by Gasteiger charge is 2.31. The van der Waals surface area contributed by atoms with Crippen LogP contribution >= 0.6 is 0 Å². The predicted octanol–water partition coefficient (Wildman–Crippen LogP) is 4.52. The number of rotatable bonds is 7. The van der Waals surface area contributed by atoms with E-state index in [2.05, 4.69) is 50.4 Å². The fourth-order valence-electron chi connectivity index (χ4n) is 3.65. The van der Waals surface area contributed by atoms with Crippen LogP contribution in [0.2, 0.25) is 0 Å². The van der Waals surface area contributed by atoms with Crippen molar-refractivity contribution >= 4 is 0 Å². The van der Waals surface area contributed by atoms with Gasteiger partial charge in [-0.05, 0) is 49.3 Å². The van der Waals surface area contributed by atoms with Crippen LogP contribution in [0, 0.1) is 5.92 Å². The highest BCUT2D eigenvalue weighted by atomic mass is 14.9. The molecule has 3 atom stereocenters. The second kappa shape index (κ2) is 7.09. The van der Waals surface area contributed by atoms with E-state index in [1.807, 2.05) is 0 Å². The molecule has 1 aromatic rings. The van der Waals surface area contributed by atoms with Crippen LogP contribution in [0.4, 0.5) is 0 Å². The van der Waals surface area contributed by atoms with E-state index < -0.39 is 0 Å². The number of hydrogen-bond donors (Lipinski definition) is 1. The van der Waals surface area contributed by atoms with Crippen LogP contribution in [0.5, 0.6) is 0 Å². The Bertz CT molecular complexity index is 385. The van der Waals surface area contributed by atoms with E-state index in [0.717, 1.165) is 18.4 Å². The summed E-state index contributed by atoms with van der Waals surface area (Å²) in [7, 11) is 0. The van der Waals surface area contributed by atoms with Crippen LogP contribution in [0.1, 0.15) is 63.5 Å². The molecule has 3 unspecified atom stereocenters. The quantitative estimate of drug-likeness (QED) is 0.759. The van der Waals surface area contributed by atoms with Gasteiger partial charge in [0.25, 0.3) is 0 Å². The van der Waals surface area contributed by atoms with Crippen molar-refractivity contribution in [3.05, 3.63) is 35.4 Å². The molecule has 0 aliphatic heterocycles. The first kappa shape index (κ1) is 14.6. The predicted molar refractivity (Wildman–Crippen MR) is 83.7 cm³/mol. The lowest BCUT2D eigenvalue weighted by Gasteiger charge is -2.31. The van der Waals surface area contributed by atoms with Gasteiger partial charge in [0.2, 0.25) is 0 Å². The Morgan fingerprint density at radius 1 is 1.21 bits per heavy atom. The van der Waals surface area contributed by atoms with Crippen LogP contribution in [0.15, 0.2) is 24.3 Å². The first-order chi connectivity index (χ1) is 9.27.